The van der Waals surface area contributed by atoms with Gasteiger partial charge in [0.1, 0.15) is 6.26 Å². The third-order valence-electron chi connectivity index (χ3n) is 3.50. The maximum atomic E-state index is 11.8. The highest BCUT2D eigenvalue weighted by Gasteiger charge is 2.12. The highest BCUT2D eigenvalue weighted by Crippen LogP contribution is 2.19. The van der Waals surface area contributed by atoms with Crippen LogP contribution in [-0.2, 0) is 11.2 Å². The number of hydrogen-bond donors (Lipinski definition) is 2. The Hall–Kier alpha value is -1.50. The number of aryl methyl sites for hydroxylation is 1. The number of nitrogens with one attached hydrogen (secondary N) is 1. The zero-order valence-electron chi connectivity index (χ0n) is 14.0. The van der Waals surface area contributed by atoms with Gasteiger partial charge in [-0.2, -0.15) is 11.8 Å². The van der Waals surface area contributed by atoms with Gasteiger partial charge in [-0.15, -0.1) is 12.4 Å². The van der Waals surface area contributed by atoms with Crippen molar-refractivity contribution in [2.24, 2.45) is 5.73 Å². The largest absolute Gasteiger partial charge is 0.444 e. The Kier molecular flexibility index (Phi) is 8.89. The Morgan fingerprint density at radius 3 is 2.75 bits per heavy atom. The number of amides is 1. The number of hydrogen-bond acceptors (Lipinski definition) is 5. The number of carbonyl (C=O) groups excluding carboxylic acids is 1. The molecule has 0 fully saturated rings. The molecule has 3 N–H and O–H groups in total. The predicted molar refractivity (Wildman–Crippen MR) is 102 cm³/mol. The van der Waals surface area contributed by atoms with Gasteiger partial charge >= 0.3 is 0 Å². The molecule has 7 heteroatoms. The van der Waals surface area contributed by atoms with Crippen LogP contribution in [0.4, 0.5) is 0 Å². The average Bonchev–Trinajstić information content (AvgIpc) is 3.02. The van der Waals surface area contributed by atoms with Crippen LogP contribution >= 0.6 is 24.2 Å². The fourth-order valence-corrected chi connectivity index (χ4v) is 2.56. The van der Waals surface area contributed by atoms with E-state index in [1.165, 1.54) is 5.56 Å². The zero-order chi connectivity index (χ0) is 16.7. The maximum absolute atomic E-state index is 11.8. The molecule has 132 valence electrons. The molecule has 0 saturated carbocycles. The number of oxazole rings is 1. The molecule has 0 aliphatic rings. The number of carbonyl (C=O) groups is 1. The minimum Gasteiger partial charge on any atom is -0.444 e. The van der Waals surface area contributed by atoms with Gasteiger partial charge in [-0.05, 0) is 37.5 Å². The second-order valence-corrected chi connectivity index (χ2v) is 6.42. The van der Waals surface area contributed by atoms with E-state index < -0.39 is 6.04 Å². The number of rotatable bonds is 8. The van der Waals surface area contributed by atoms with Crippen molar-refractivity contribution in [2.45, 2.75) is 25.8 Å². The molecule has 1 amide bonds. The van der Waals surface area contributed by atoms with Crippen LogP contribution in [0.15, 0.2) is 34.9 Å². The second-order valence-electron chi connectivity index (χ2n) is 5.44. The van der Waals surface area contributed by atoms with Gasteiger partial charge in [0.15, 0.2) is 0 Å². The molecule has 0 bridgehead atoms. The third kappa shape index (κ3) is 6.19. The number of benzene rings is 1. The van der Waals surface area contributed by atoms with Gasteiger partial charge in [0, 0.05) is 18.5 Å². The van der Waals surface area contributed by atoms with E-state index in [1.54, 1.807) is 18.0 Å². The molecule has 1 aromatic heterocycles. The van der Waals surface area contributed by atoms with E-state index in [-0.39, 0.29) is 18.3 Å². The van der Waals surface area contributed by atoms with Gasteiger partial charge in [0.05, 0.1) is 11.7 Å². The van der Waals surface area contributed by atoms with Crippen molar-refractivity contribution in [3.63, 3.8) is 0 Å². The Balaban J connectivity index is 0.00000288. The lowest BCUT2D eigenvalue weighted by molar-refractivity contribution is -0.122. The molecule has 1 atom stereocenters. The van der Waals surface area contributed by atoms with Crippen molar-refractivity contribution >= 4 is 30.1 Å². The predicted octanol–water partition coefficient (Wildman–Crippen LogP) is 2.81. The summed E-state index contributed by atoms with van der Waals surface area (Å²) in [5, 5.41) is 2.84. The van der Waals surface area contributed by atoms with E-state index in [2.05, 4.69) is 10.3 Å². The standard InChI is InChI=1S/C17H23N3O2S.ClH/c1-12-3-5-13(6-4-12)17-20-14(11-22-17)7-9-19-16(21)15(18)8-10-23-2;/h3-6,11,15H,7-10,18H2,1-2H3,(H,19,21);1H/t15-;/m0./s1. The molecule has 1 aromatic carbocycles. The lowest BCUT2D eigenvalue weighted by Crippen LogP contribution is -2.41. The molecule has 5 nitrogen and oxygen atoms in total. The number of halogens is 1. The summed E-state index contributed by atoms with van der Waals surface area (Å²) in [5.41, 5.74) is 8.78. The lowest BCUT2D eigenvalue weighted by Gasteiger charge is -2.10. The summed E-state index contributed by atoms with van der Waals surface area (Å²) in [5.74, 6) is 1.38. The van der Waals surface area contributed by atoms with Gasteiger partial charge < -0.3 is 15.5 Å². The Bertz CT molecular complexity index is 631. The normalized spacial score (nSPS) is 11.6. The smallest absolute Gasteiger partial charge is 0.236 e. The van der Waals surface area contributed by atoms with E-state index in [9.17, 15) is 4.79 Å². The van der Waals surface area contributed by atoms with Crippen LogP contribution in [0.5, 0.6) is 0 Å². The fourth-order valence-electron chi connectivity index (χ4n) is 2.07. The molecule has 0 spiro atoms. The topological polar surface area (TPSA) is 81.2 Å². The first-order valence-corrected chi connectivity index (χ1v) is 9.03. The van der Waals surface area contributed by atoms with Crippen LogP contribution in [0.1, 0.15) is 17.7 Å². The first-order chi connectivity index (χ1) is 11.1. The average molecular weight is 370 g/mol. The number of nitrogens with two attached hydrogens (primary N) is 1. The molecule has 0 radical (unpaired) electrons. The second kappa shape index (κ2) is 10.4. The maximum Gasteiger partial charge on any atom is 0.236 e. The molecule has 2 rings (SSSR count). The summed E-state index contributed by atoms with van der Waals surface area (Å²) in [6.45, 7) is 2.54. The van der Waals surface area contributed by atoms with Crippen molar-refractivity contribution in [1.29, 1.82) is 0 Å². The summed E-state index contributed by atoms with van der Waals surface area (Å²) in [4.78, 5) is 16.3. The summed E-state index contributed by atoms with van der Waals surface area (Å²) in [6, 6.07) is 7.57. The van der Waals surface area contributed by atoms with Gasteiger partial charge in [-0.25, -0.2) is 4.98 Å². The van der Waals surface area contributed by atoms with E-state index >= 15 is 0 Å². The van der Waals surface area contributed by atoms with E-state index in [0.717, 1.165) is 17.0 Å². The zero-order valence-corrected chi connectivity index (χ0v) is 15.6. The van der Waals surface area contributed by atoms with Gasteiger partial charge in [-0.3, -0.25) is 4.79 Å². The van der Waals surface area contributed by atoms with Crippen LogP contribution in [0.2, 0.25) is 0 Å². The van der Waals surface area contributed by atoms with Gasteiger partial charge in [0.25, 0.3) is 0 Å². The summed E-state index contributed by atoms with van der Waals surface area (Å²) in [6.07, 6.45) is 4.95. The minimum absolute atomic E-state index is 0. The highest BCUT2D eigenvalue weighted by atomic mass is 35.5. The molecular formula is C17H24ClN3O2S. The van der Waals surface area contributed by atoms with Crippen molar-refractivity contribution in [1.82, 2.24) is 10.3 Å². The number of aromatic nitrogens is 1. The Morgan fingerprint density at radius 1 is 1.38 bits per heavy atom. The van der Waals surface area contributed by atoms with Crippen LogP contribution in [0.25, 0.3) is 11.5 Å². The molecule has 1 heterocycles. The first-order valence-electron chi connectivity index (χ1n) is 7.64. The quantitative estimate of drug-likeness (QED) is 0.747. The molecule has 2 aromatic rings. The number of nitrogens with zero attached hydrogens (tertiary/aromatic N) is 1. The molecule has 0 aliphatic carbocycles. The molecule has 0 saturated heterocycles. The summed E-state index contributed by atoms with van der Waals surface area (Å²) >= 11 is 1.69. The van der Waals surface area contributed by atoms with Crippen LogP contribution < -0.4 is 11.1 Å². The van der Waals surface area contributed by atoms with Crippen LogP contribution in [-0.4, -0.2) is 35.5 Å². The van der Waals surface area contributed by atoms with Crippen LogP contribution in [0, 0.1) is 6.92 Å². The Labute approximate surface area is 153 Å². The molecule has 24 heavy (non-hydrogen) atoms. The third-order valence-corrected chi connectivity index (χ3v) is 4.14. The first kappa shape index (κ1) is 20.5. The van der Waals surface area contributed by atoms with E-state index in [0.29, 0.717) is 25.3 Å². The van der Waals surface area contributed by atoms with Crippen molar-refractivity contribution < 1.29 is 9.21 Å². The van der Waals surface area contributed by atoms with Crippen LogP contribution in [0.3, 0.4) is 0 Å². The van der Waals surface area contributed by atoms with Gasteiger partial charge in [0.2, 0.25) is 11.8 Å². The molecule has 0 unspecified atom stereocenters. The minimum atomic E-state index is -0.442. The molecular weight excluding hydrogens is 346 g/mol. The van der Waals surface area contributed by atoms with Crippen molar-refractivity contribution in [3.05, 3.63) is 41.8 Å². The van der Waals surface area contributed by atoms with Crippen molar-refractivity contribution in [2.75, 3.05) is 18.6 Å². The number of thioether (sulfide) groups is 1. The SMILES string of the molecule is CSCC[C@H](N)C(=O)NCCc1coc(-c2ccc(C)cc2)n1.Cl. The van der Waals surface area contributed by atoms with Crippen molar-refractivity contribution in [3.8, 4) is 11.5 Å². The van der Waals surface area contributed by atoms with E-state index in [1.807, 2.05) is 37.4 Å². The van der Waals surface area contributed by atoms with E-state index in [4.69, 9.17) is 10.2 Å². The summed E-state index contributed by atoms with van der Waals surface area (Å²) in [7, 11) is 0. The fraction of sp³-hybridized carbons (Fsp3) is 0.412. The monoisotopic (exact) mass is 369 g/mol. The Morgan fingerprint density at radius 2 is 2.08 bits per heavy atom. The highest BCUT2D eigenvalue weighted by molar-refractivity contribution is 7.98. The molecule has 0 aliphatic heterocycles. The van der Waals surface area contributed by atoms with Gasteiger partial charge in [-0.1, -0.05) is 17.7 Å². The lowest BCUT2D eigenvalue weighted by atomic mass is 10.1. The summed E-state index contributed by atoms with van der Waals surface area (Å²) < 4.78 is 5.50.